The van der Waals surface area contributed by atoms with Gasteiger partial charge in [0.15, 0.2) is 0 Å². The van der Waals surface area contributed by atoms with Crippen molar-refractivity contribution in [3.05, 3.63) is 0 Å². The minimum absolute atomic E-state index is 0.160. The Balaban J connectivity index is 3.48. The molecule has 14 heavy (non-hydrogen) atoms. The smallest absolute Gasteiger partial charge is 0.104 e. The zero-order chi connectivity index (χ0) is 11.0. The third-order valence-electron chi connectivity index (χ3n) is 1.44. The Bertz CT molecular complexity index is 126. The van der Waals surface area contributed by atoms with Gasteiger partial charge in [0, 0.05) is 0 Å². The van der Waals surface area contributed by atoms with Crippen molar-refractivity contribution >= 4 is 0 Å². The molecule has 0 aromatic rings. The van der Waals surface area contributed by atoms with Gasteiger partial charge in [0.1, 0.15) is 6.10 Å². The molecule has 0 rings (SSSR count). The first-order chi connectivity index (χ1) is 6.56. The number of aliphatic hydroxyl groups is 3. The standard InChI is InChI=1S/C9H20O5/c1-7(11)4-13-6-9(3-10)14-5-8(2)12/h7-12H,3-6H2,1-2H3. The molecule has 0 radical (unpaired) electrons. The van der Waals surface area contributed by atoms with E-state index < -0.39 is 18.3 Å². The normalized spacial score (nSPS) is 17.8. The fourth-order valence-corrected chi connectivity index (χ4v) is 0.799. The van der Waals surface area contributed by atoms with Crippen LogP contribution in [0.5, 0.6) is 0 Å². The largest absolute Gasteiger partial charge is 0.394 e. The summed E-state index contributed by atoms with van der Waals surface area (Å²) < 4.78 is 10.2. The van der Waals surface area contributed by atoms with E-state index in [0.29, 0.717) is 0 Å². The molecule has 0 aliphatic heterocycles. The van der Waals surface area contributed by atoms with Crippen LogP contribution in [0.4, 0.5) is 0 Å². The van der Waals surface area contributed by atoms with Crippen molar-refractivity contribution in [2.45, 2.75) is 32.2 Å². The Labute approximate surface area is 84.3 Å². The fraction of sp³-hybridized carbons (Fsp3) is 1.00. The molecule has 3 unspecified atom stereocenters. The molecular formula is C9H20O5. The van der Waals surface area contributed by atoms with Gasteiger partial charge in [-0.3, -0.25) is 0 Å². The lowest BCUT2D eigenvalue weighted by Gasteiger charge is -2.17. The molecule has 5 heteroatoms. The van der Waals surface area contributed by atoms with E-state index in [-0.39, 0.29) is 26.4 Å². The molecule has 0 saturated carbocycles. The lowest BCUT2D eigenvalue weighted by Crippen LogP contribution is -2.28. The lowest BCUT2D eigenvalue weighted by molar-refractivity contribution is -0.0743. The summed E-state index contributed by atoms with van der Waals surface area (Å²) in [5.74, 6) is 0. The summed E-state index contributed by atoms with van der Waals surface area (Å²) >= 11 is 0. The number of hydrogen-bond acceptors (Lipinski definition) is 5. The molecule has 86 valence electrons. The molecule has 0 saturated heterocycles. The van der Waals surface area contributed by atoms with E-state index in [1.54, 1.807) is 13.8 Å². The van der Waals surface area contributed by atoms with Crippen molar-refractivity contribution in [3.63, 3.8) is 0 Å². The van der Waals surface area contributed by atoms with Gasteiger partial charge >= 0.3 is 0 Å². The van der Waals surface area contributed by atoms with Gasteiger partial charge in [0.25, 0.3) is 0 Å². The number of aliphatic hydroxyl groups excluding tert-OH is 3. The minimum atomic E-state index is -0.555. The quantitative estimate of drug-likeness (QED) is 0.484. The van der Waals surface area contributed by atoms with Gasteiger partial charge in [-0.05, 0) is 13.8 Å². The van der Waals surface area contributed by atoms with Crippen LogP contribution in [0.25, 0.3) is 0 Å². The molecule has 5 nitrogen and oxygen atoms in total. The second kappa shape index (κ2) is 8.14. The first-order valence-corrected chi connectivity index (χ1v) is 4.72. The third-order valence-corrected chi connectivity index (χ3v) is 1.44. The van der Waals surface area contributed by atoms with Crippen LogP contribution in [0, 0.1) is 0 Å². The maximum atomic E-state index is 8.92. The zero-order valence-corrected chi connectivity index (χ0v) is 8.72. The molecule has 0 fully saturated rings. The van der Waals surface area contributed by atoms with Gasteiger partial charge in [0.05, 0.1) is 38.6 Å². The molecule has 0 heterocycles. The highest BCUT2D eigenvalue weighted by Crippen LogP contribution is 1.95. The van der Waals surface area contributed by atoms with Crippen LogP contribution < -0.4 is 0 Å². The Morgan fingerprint density at radius 3 is 2.00 bits per heavy atom. The van der Waals surface area contributed by atoms with Crippen LogP contribution in [-0.2, 0) is 9.47 Å². The van der Waals surface area contributed by atoms with Crippen LogP contribution in [0.15, 0.2) is 0 Å². The number of hydrogen-bond donors (Lipinski definition) is 3. The van der Waals surface area contributed by atoms with E-state index >= 15 is 0 Å². The Hall–Kier alpha value is -0.200. The lowest BCUT2D eigenvalue weighted by atomic mass is 10.4. The zero-order valence-electron chi connectivity index (χ0n) is 8.72. The maximum absolute atomic E-state index is 8.92. The van der Waals surface area contributed by atoms with Crippen LogP contribution in [0.1, 0.15) is 13.8 Å². The summed E-state index contributed by atoms with van der Waals surface area (Å²) in [6.45, 7) is 3.66. The monoisotopic (exact) mass is 208 g/mol. The number of ether oxygens (including phenoxy) is 2. The van der Waals surface area contributed by atoms with Crippen molar-refractivity contribution in [3.8, 4) is 0 Å². The van der Waals surface area contributed by atoms with Crippen LogP contribution >= 0.6 is 0 Å². The molecule has 0 amide bonds. The topological polar surface area (TPSA) is 79.2 Å². The molecule has 3 N–H and O–H groups in total. The Kier molecular flexibility index (Phi) is 8.02. The summed E-state index contributed by atoms with van der Waals surface area (Å²) in [7, 11) is 0. The highest BCUT2D eigenvalue weighted by Gasteiger charge is 2.09. The molecule has 0 spiro atoms. The second-order valence-corrected chi connectivity index (χ2v) is 3.37. The average molecular weight is 208 g/mol. The predicted molar refractivity (Wildman–Crippen MR) is 51.0 cm³/mol. The van der Waals surface area contributed by atoms with E-state index in [9.17, 15) is 0 Å². The SMILES string of the molecule is CC(O)COCC(CO)OCC(C)O. The molecule has 0 aromatic heterocycles. The van der Waals surface area contributed by atoms with Gasteiger partial charge in [-0.15, -0.1) is 0 Å². The van der Waals surface area contributed by atoms with E-state index in [1.807, 2.05) is 0 Å². The summed E-state index contributed by atoms with van der Waals surface area (Å²) in [5, 5.41) is 26.7. The van der Waals surface area contributed by atoms with Crippen molar-refractivity contribution < 1.29 is 24.8 Å². The fourth-order valence-electron chi connectivity index (χ4n) is 0.799. The predicted octanol–water partition coefficient (Wildman–Crippen LogP) is -0.858. The van der Waals surface area contributed by atoms with E-state index in [2.05, 4.69) is 0 Å². The van der Waals surface area contributed by atoms with E-state index in [1.165, 1.54) is 0 Å². The molecule has 3 atom stereocenters. The van der Waals surface area contributed by atoms with Crippen molar-refractivity contribution in [2.24, 2.45) is 0 Å². The summed E-state index contributed by atoms with van der Waals surface area (Å²) in [6, 6.07) is 0. The van der Waals surface area contributed by atoms with Gasteiger partial charge < -0.3 is 24.8 Å². The van der Waals surface area contributed by atoms with Crippen LogP contribution in [-0.4, -0.2) is 60.1 Å². The summed E-state index contributed by atoms with van der Waals surface area (Å²) in [6.07, 6.45) is -1.52. The highest BCUT2D eigenvalue weighted by molar-refractivity contribution is 4.56. The van der Waals surface area contributed by atoms with Gasteiger partial charge in [-0.1, -0.05) is 0 Å². The van der Waals surface area contributed by atoms with Gasteiger partial charge in [-0.25, -0.2) is 0 Å². The van der Waals surface area contributed by atoms with Crippen molar-refractivity contribution in [2.75, 3.05) is 26.4 Å². The van der Waals surface area contributed by atoms with Crippen molar-refractivity contribution in [1.82, 2.24) is 0 Å². The molecule has 0 bridgehead atoms. The van der Waals surface area contributed by atoms with Crippen LogP contribution in [0.3, 0.4) is 0 Å². The summed E-state index contributed by atoms with van der Waals surface area (Å²) in [4.78, 5) is 0. The van der Waals surface area contributed by atoms with Gasteiger partial charge in [-0.2, -0.15) is 0 Å². The Morgan fingerprint density at radius 1 is 1.00 bits per heavy atom. The molecule has 0 aromatic carbocycles. The Morgan fingerprint density at radius 2 is 1.57 bits per heavy atom. The van der Waals surface area contributed by atoms with E-state index in [0.717, 1.165) is 0 Å². The van der Waals surface area contributed by atoms with Crippen molar-refractivity contribution in [1.29, 1.82) is 0 Å². The molecule has 0 aliphatic rings. The first-order valence-electron chi connectivity index (χ1n) is 4.72. The summed E-state index contributed by atoms with van der Waals surface area (Å²) in [5.41, 5.74) is 0. The number of rotatable bonds is 8. The third kappa shape index (κ3) is 8.40. The minimum Gasteiger partial charge on any atom is -0.394 e. The first kappa shape index (κ1) is 13.8. The van der Waals surface area contributed by atoms with E-state index in [4.69, 9.17) is 24.8 Å². The van der Waals surface area contributed by atoms with Gasteiger partial charge in [0.2, 0.25) is 0 Å². The molecular weight excluding hydrogens is 188 g/mol. The van der Waals surface area contributed by atoms with Crippen LogP contribution in [0.2, 0.25) is 0 Å². The highest BCUT2D eigenvalue weighted by atomic mass is 16.5. The molecule has 0 aliphatic carbocycles. The maximum Gasteiger partial charge on any atom is 0.104 e. The average Bonchev–Trinajstić information content (AvgIpc) is 2.10. The second-order valence-electron chi connectivity index (χ2n) is 3.37.